The van der Waals surface area contributed by atoms with Crippen LogP contribution in [0.5, 0.6) is 0 Å². The van der Waals surface area contributed by atoms with Gasteiger partial charge in [0.2, 0.25) is 0 Å². The average Bonchev–Trinajstić information content (AvgIpc) is 2.05. The van der Waals surface area contributed by atoms with E-state index in [4.69, 9.17) is 0 Å². The number of aliphatic carboxylic acids is 1. The van der Waals surface area contributed by atoms with Crippen molar-refractivity contribution in [2.24, 2.45) is 0 Å². The Hall–Kier alpha value is -1.38. The molecule has 12 heavy (non-hydrogen) atoms. The summed E-state index contributed by atoms with van der Waals surface area (Å²) >= 11 is 0. The molecule has 0 aliphatic carbocycles. The number of carboxylic acids is 1. The zero-order chi connectivity index (χ0) is 8.81. The maximum absolute atomic E-state index is 10.1. The predicted molar refractivity (Wildman–Crippen MR) is 42.2 cm³/mol. The van der Waals surface area contributed by atoms with Crippen LogP contribution < -0.4 is 5.11 Å². The van der Waals surface area contributed by atoms with Crippen LogP contribution in [0.4, 0.5) is 0 Å². The highest BCUT2D eigenvalue weighted by Gasteiger charge is 1.92. The van der Waals surface area contributed by atoms with Gasteiger partial charge in [0.05, 0.1) is 0 Å². The second-order valence-corrected chi connectivity index (χ2v) is 2.59. The molecule has 0 amide bonds. The van der Waals surface area contributed by atoms with Crippen molar-refractivity contribution >= 4 is 5.97 Å². The number of pyridine rings is 1. The summed E-state index contributed by atoms with van der Waals surface area (Å²) in [5.41, 5.74) is 1.07. The van der Waals surface area contributed by atoms with E-state index in [0.717, 1.165) is 12.0 Å². The predicted octanol–water partition coefficient (Wildman–Crippen LogP) is 0.154. The average molecular weight is 164 g/mol. The summed E-state index contributed by atoms with van der Waals surface area (Å²) in [6.45, 7) is 0. The molecular weight excluding hydrogens is 154 g/mol. The van der Waals surface area contributed by atoms with Crippen LogP contribution in [0.25, 0.3) is 0 Å². The number of carboxylic acid groups (broad SMARTS) is 1. The quantitative estimate of drug-likeness (QED) is 0.636. The normalized spacial score (nSPS) is 9.67. The minimum atomic E-state index is -0.987. The highest BCUT2D eigenvalue weighted by molar-refractivity contribution is 5.64. The minimum Gasteiger partial charge on any atom is -0.550 e. The third-order valence-corrected chi connectivity index (χ3v) is 1.57. The molecule has 0 saturated heterocycles. The molecule has 0 bridgehead atoms. The van der Waals surface area contributed by atoms with Gasteiger partial charge in [-0.3, -0.25) is 4.98 Å². The molecule has 0 radical (unpaired) electrons. The van der Waals surface area contributed by atoms with E-state index in [1.807, 2.05) is 12.1 Å². The van der Waals surface area contributed by atoms with Gasteiger partial charge in [-0.15, -0.1) is 0 Å². The van der Waals surface area contributed by atoms with Gasteiger partial charge in [-0.05, 0) is 30.9 Å². The van der Waals surface area contributed by atoms with Crippen molar-refractivity contribution in [1.82, 2.24) is 4.98 Å². The Morgan fingerprint density at radius 2 is 2.42 bits per heavy atom. The number of aryl methyl sites for hydroxylation is 1. The zero-order valence-electron chi connectivity index (χ0n) is 6.69. The fourth-order valence-corrected chi connectivity index (χ4v) is 0.983. The third-order valence-electron chi connectivity index (χ3n) is 1.57. The summed E-state index contributed by atoms with van der Waals surface area (Å²) < 4.78 is 0. The standard InChI is InChI=1S/C9H11NO2/c11-9(12)5-1-3-8-4-2-6-10-7-8/h2,4,6-7H,1,3,5H2,(H,11,12)/p-1. The summed E-state index contributed by atoms with van der Waals surface area (Å²) in [5.74, 6) is -0.987. The Bertz CT molecular complexity index is 246. The van der Waals surface area contributed by atoms with Crippen LogP contribution in [0.1, 0.15) is 18.4 Å². The van der Waals surface area contributed by atoms with Crippen molar-refractivity contribution in [2.75, 3.05) is 0 Å². The summed E-state index contributed by atoms with van der Waals surface area (Å²) in [4.78, 5) is 14.0. The Balaban J connectivity index is 2.29. The van der Waals surface area contributed by atoms with Gasteiger partial charge >= 0.3 is 0 Å². The van der Waals surface area contributed by atoms with Gasteiger partial charge < -0.3 is 9.90 Å². The first-order valence-corrected chi connectivity index (χ1v) is 3.88. The molecular formula is C9H10NO2-. The highest BCUT2D eigenvalue weighted by Crippen LogP contribution is 2.01. The number of aromatic nitrogens is 1. The van der Waals surface area contributed by atoms with Gasteiger partial charge in [0.25, 0.3) is 0 Å². The van der Waals surface area contributed by atoms with Crippen LogP contribution in [0.15, 0.2) is 24.5 Å². The molecule has 1 aromatic rings. The van der Waals surface area contributed by atoms with E-state index in [0.29, 0.717) is 6.42 Å². The minimum absolute atomic E-state index is 0.120. The molecule has 0 atom stereocenters. The van der Waals surface area contributed by atoms with Crippen LogP contribution in [-0.4, -0.2) is 11.0 Å². The van der Waals surface area contributed by atoms with Crippen molar-refractivity contribution in [2.45, 2.75) is 19.3 Å². The third kappa shape index (κ3) is 3.14. The van der Waals surface area contributed by atoms with Gasteiger partial charge in [0, 0.05) is 18.4 Å². The number of rotatable bonds is 4. The topological polar surface area (TPSA) is 53.0 Å². The second-order valence-electron chi connectivity index (χ2n) is 2.59. The monoisotopic (exact) mass is 164 g/mol. The molecule has 0 N–H and O–H groups in total. The van der Waals surface area contributed by atoms with Crippen molar-refractivity contribution in [3.8, 4) is 0 Å². The Morgan fingerprint density at radius 3 is 3.00 bits per heavy atom. The van der Waals surface area contributed by atoms with E-state index >= 15 is 0 Å². The van der Waals surface area contributed by atoms with E-state index in [9.17, 15) is 9.90 Å². The molecule has 3 heteroatoms. The maximum atomic E-state index is 10.1. The van der Waals surface area contributed by atoms with Crippen LogP contribution in [0, 0.1) is 0 Å². The number of hydrogen-bond donors (Lipinski definition) is 0. The molecule has 0 fully saturated rings. The molecule has 0 aliphatic rings. The van der Waals surface area contributed by atoms with E-state index < -0.39 is 5.97 Å². The molecule has 0 aromatic carbocycles. The molecule has 0 aliphatic heterocycles. The van der Waals surface area contributed by atoms with Crippen molar-refractivity contribution in [3.63, 3.8) is 0 Å². The molecule has 64 valence electrons. The van der Waals surface area contributed by atoms with E-state index in [2.05, 4.69) is 4.98 Å². The maximum Gasteiger partial charge on any atom is 0.0414 e. The van der Waals surface area contributed by atoms with Crippen molar-refractivity contribution in [1.29, 1.82) is 0 Å². The molecule has 3 nitrogen and oxygen atoms in total. The van der Waals surface area contributed by atoms with Crippen LogP contribution in [0.2, 0.25) is 0 Å². The molecule has 1 rings (SSSR count). The van der Waals surface area contributed by atoms with E-state index in [1.165, 1.54) is 0 Å². The Morgan fingerprint density at radius 1 is 1.58 bits per heavy atom. The largest absolute Gasteiger partial charge is 0.550 e. The summed E-state index contributed by atoms with van der Waals surface area (Å²) in [6, 6.07) is 3.77. The lowest BCUT2D eigenvalue weighted by atomic mass is 10.1. The molecule has 1 aromatic heterocycles. The first-order valence-electron chi connectivity index (χ1n) is 3.88. The van der Waals surface area contributed by atoms with Crippen molar-refractivity contribution < 1.29 is 9.90 Å². The van der Waals surface area contributed by atoms with Crippen LogP contribution in [0.3, 0.4) is 0 Å². The fourth-order valence-electron chi connectivity index (χ4n) is 0.983. The summed E-state index contributed by atoms with van der Waals surface area (Å²) in [7, 11) is 0. The number of nitrogens with zero attached hydrogens (tertiary/aromatic N) is 1. The van der Waals surface area contributed by atoms with Crippen molar-refractivity contribution in [3.05, 3.63) is 30.1 Å². The molecule has 1 heterocycles. The van der Waals surface area contributed by atoms with Gasteiger partial charge in [-0.2, -0.15) is 0 Å². The van der Waals surface area contributed by atoms with Gasteiger partial charge in [-0.1, -0.05) is 6.07 Å². The molecule has 0 unspecified atom stereocenters. The summed E-state index contributed by atoms with van der Waals surface area (Å²) in [5, 5.41) is 10.1. The lowest BCUT2D eigenvalue weighted by Crippen LogP contribution is -2.21. The highest BCUT2D eigenvalue weighted by atomic mass is 16.4. The van der Waals surface area contributed by atoms with E-state index in [1.54, 1.807) is 12.4 Å². The van der Waals surface area contributed by atoms with Gasteiger partial charge in [0.15, 0.2) is 0 Å². The van der Waals surface area contributed by atoms with E-state index in [-0.39, 0.29) is 6.42 Å². The summed E-state index contributed by atoms with van der Waals surface area (Å²) in [6.07, 6.45) is 4.93. The number of carbonyl (C=O) groups excluding carboxylic acids is 1. The first-order chi connectivity index (χ1) is 5.79. The Labute approximate surface area is 71.1 Å². The van der Waals surface area contributed by atoms with Gasteiger partial charge in [0.1, 0.15) is 0 Å². The molecule has 0 saturated carbocycles. The Kier molecular flexibility index (Phi) is 3.26. The van der Waals surface area contributed by atoms with Crippen LogP contribution in [-0.2, 0) is 11.2 Å². The van der Waals surface area contributed by atoms with Gasteiger partial charge in [-0.25, -0.2) is 0 Å². The molecule has 0 spiro atoms. The SMILES string of the molecule is O=C([O-])CCCc1cccnc1. The second kappa shape index (κ2) is 4.49. The number of carbonyl (C=O) groups is 1. The number of hydrogen-bond acceptors (Lipinski definition) is 3. The van der Waals surface area contributed by atoms with Crippen LogP contribution >= 0.6 is 0 Å². The lowest BCUT2D eigenvalue weighted by Gasteiger charge is -2.01. The fraction of sp³-hybridized carbons (Fsp3) is 0.333. The zero-order valence-corrected chi connectivity index (χ0v) is 6.69. The lowest BCUT2D eigenvalue weighted by molar-refractivity contribution is -0.305. The first kappa shape index (κ1) is 8.71. The smallest absolute Gasteiger partial charge is 0.0414 e.